The molecule has 1 heterocycles. The van der Waals surface area contributed by atoms with Crippen molar-refractivity contribution in [1.82, 2.24) is 4.90 Å². The summed E-state index contributed by atoms with van der Waals surface area (Å²) in [6, 6.07) is 11.5. The molecule has 0 saturated carbocycles. The van der Waals surface area contributed by atoms with Gasteiger partial charge in [-0.1, -0.05) is 42.2 Å². The number of thiocarbonyl (C=S) groups is 1. The Labute approximate surface area is 147 Å². The van der Waals surface area contributed by atoms with Gasteiger partial charge in [-0.15, -0.1) is 0 Å². The summed E-state index contributed by atoms with van der Waals surface area (Å²) in [5.41, 5.74) is 0.835. The van der Waals surface area contributed by atoms with Crippen LogP contribution in [-0.4, -0.2) is 34.8 Å². The van der Waals surface area contributed by atoms with Crippen molar-refractivity contribution in [1.29, 1.82) is 0 Å². The van der Waals surface area contributed by atoms with Crippen molar-refractivity contribution < 1.29 is 19.4 Å². The number of carbonyl (C=O) groups is 2. The van der Waals surface area contributed by atoms with Crippen LogP contribution in [0, 0.1) is 0 Å². The van der Waals surface area contributed by atoms with Crippen LogP contribution in [-0.2, 0) is 9.59 Å². The van der Waals surface area contributed by atoms with E-state index in [0.717, 1.165) is 38.7 Å². The molecule has 0 N–H and O–H groups in total. The Morgan fingerprint density at radius 1 is 1.29 bits per heavy atom. The summed E-state index contributed by atoms with van der Waals surface area (Å²) >= 11 is 6.14. The van der Waals surface area contributed by atoms with Crippen LogP contribution in [0.5, 0.6) is 5.75 Å². The van der Waals surface area contributed by atoms with Gasteiger partial charge >= 0.3 is 0 Å². The van der Waals surface area contributed by atoms with Crippen molar-refractivity contribution in [3.8, 4) is 5.75 Å². The van der Waals surface area contributed by atoms with Gasteiger partial charge in [-0.05, 0) is 40.6 Å². The van der Waals surface area contributed by atoms with Gasteiger partial charge in [-0.25, -0.2) is 0 Å². The first-order chi connectivity index (χ1) is 11.5. The summed E-state index contributed by atoms with van der Waals surface area (Å²) in [5, 5.41) is 12.7. The molecule has 5 nitrogen and oxygen atoms in total. The maximum atomic E-state index is 12.2. The number of benzene rings is 2. The molecule has 0 aromatic heterocycles. The number of carboxylic acid groups (broad SMARTS) is 1. The maximum absolute atomic E-state index is 12.2. The molecule has 7 heteroatoms. The predicted molar refractivity (Wildman–Crippen MR) is 95.4 cm³/mol. The molecule has 3 rings (SSSR count). The minimum atomic E-state index is -1.34. The largest absolute Gasteiger partial charge is 0.548 e. The highest BCUT2D eigenvalue weighted by Gasteiger charge is 2.31. The number of carboxylic acids is 1. The third-order valence-electron chi connectivity index (χ3n) is 3.53. The first-order valence-corrected chi connectivity index (χ1v) is 8.23. The van der Waals surface area contributed by atoms with Crippen LogP contribution < -0.4 is 9.84 Å². The van der Waals surface area contributed by atoms with E-state index in [0.29, 0.717) is 4.91 Å². The van der Waals surface area contributed by atoms with Gasteiger partial charge in [0.15, 0.2) is 0 Å². The fourth-order valence-corrected chi connectivity index (χ4v) is 3.63. The Morgan fingerprint density at radius 2 is 2.00 bits per heavy atom. The second-order valence-corrected chi connectivity index (χ2v) is 6.79. The van der Waals surface area contributed by atoms with Gasteiger partial charge in [0, 0.05) is 0 Å². The molecule has 1 aliphatic heterocycles. The minimum Gasteiger partial charge on any atom is -0.548 e. The summed E-state index contributed by atoms with van der Waals surface area (Å²) in [5.74, 6) is -0.977. The number of amides is 1. The zero-order chi connectivity index (χ0) is 17.3. The number of ether oxygens (including phenoxy) is 1. The van der Waals surface area contributed by atoms with E-state index in [2.05, 4.69) is 0 Å². The molecule has 1 aliphatic rings. The third-order valence-corrected chi connectivity index (χ3v) is 4.91. The number of hydrogen-bond acceptors (Lipinski definition) is 6. The number of rotatable bonds is 4. The second kappa shape index (κ2) is 6.62. The van der Waals surface area contributed by atoms with E-state index < -0.39 is 18.4 Å². The molecule has 0 bridgehead atoms. The van der Waals surface area contributed by atoms with Gasteiger partial charge in [0.2, 0.25) is 0 Å². The number of aliphatic carboxylic acids is 1. The van der Waals surface area contributed by atoms with E-state index in [1.165, 1.54) is 0 Å². The van der Waals surface area contributed by atoms with Crippen LogP contribution in [0.1, 0.15) is 5.56 Å². The molecule has 122 valence electrons. The van der Waals surface area contributed by atoms with E-state index >= 15 is 0 Å². The van der Waals surface area contributed by atoms with Crippen molar-refractivity contribution in [3.05, 3.63) is 46.9 Å². The lowest BCUT2D eigenvalue weighted by Crippen LogP contribution is -2.40. The average Bonchev–Trinajstić information content (AvgIpc) is 2.81. The van der Waals surface area contributed by atoms with Crippen LogP contribution in [0.25, 0.3) is 16.8 Å². The Balaban J connectivity index is 1.91. The number of methoxy groups -OCH3 is 1. The molecule has 24 heavy (non-hydrogen) atoms. The normalized spacial score (nSPS) is 16.2. The van der Waals surface area contributed by atoms with Gasteiger partial charge in [0.25, 0.3) is 5.91 Å². The van der Waals surface area contributed by atoms with Gasteiger partial charge in [-0.2, -0.15) is 0 Å². The van der Waals surface area contributed by atoms with Crippen molar-refractivity contribution in [2.45, 2.75) is 0 Å². The topological polar surface area (TPSA) is 69.7 Å². The lowest BCUT2D eigenvalue weighted by atomic mass is 10.1. The third kappa shape index (κ3) is 3.27. The first-order valence-electron chi connectivity index (χ1n) is 7.01. The summed E-state index contributed by atoms with van der Waals surface area (Å²) < 4.78 is 5.42. The monoisotopic (exact) mass is 358 g/mol. The van der Waals surface area contributed by atoms with Crippen molar-refractivity contribution in [2.75, 3.05) is 13.7 Å². The fourth-order valence-electron chi connectivity index (χ4n) is 2.38. The Bertz CT molecular complexity index is 891. The average molecular weight is 358 g/mol. The zero-order valence-corrected chi connectivity index (χ0v) is 14.3. The highest BCUT2D eigenvalue weighted by atomic mass is 32.2. The molecule has 2 aromatic rings. The number of carbonyl (C=O) groups excluding carboxylic acids is 2. The zero-order valence-electron chi connectivity index (χ0n) is 12.6. The van der Waals surface area contributed by atoms with Crippen molar-refractivity contribution in [2.24, 2.45) is 0 Å². The number of thioether (sulfide) groups is 1. The lowest BCUT2D eigenvalue weighted by molar-refractivity contribution is -0.305. The first kappa shape index (κ1) is 16.5. The summed E-state index contributed by atoms with van der Waals surface area (Å²) in [7, 11) is 1.62. The van der Waals surface area contributed by atoms with Gasteiger partial charge in [0.1, 0.15) is 10.1 Å². The van der Waals surface area contributed by atoms with E-state index in [-0.39, 0.29) is 4.32 Å². The minimum absolute atomic E-state index is 0.223. The van der Waals surface area contributed by atoms with Crippen LogP contribution in [0.2, 0.25) is 0 Å². The number of fused-ring (bicyclic) bond motifs is 1. The standard InChI is InChI=1S/C17H13NO4S2/c1-22-13-5-4-11-6-10(2-3-12(11)8-13)7-14-16(21)18(9-15(19)20)17(23)24-14/h2-8H,9H2,1H3,(H,19,20)/p-1/b14-7-. The van der Waals surface area contributed by atoms with Gasteiger partial charge in [0.05, 0.1) is 24.5 Å². The number of hydrogen-bond donors (Lipinski definition) is 0. The Kier molecular flexibility index (Phi) is 4.55. The fraction of sp³-hybridized carbons (Fsp3) is 0.118. The lowest BCUT2D eigenvalue weighted by Gasteiger charge is -2.14. The molecule has 0 aliphatic carbocycles. The molecular formula is C17H12NO4S2-. The molecule has 0 spiro atoms. The van der Waals surface area contributed by atoms with E-state index in [1.54, 1.807) is 13.2 Å². The maximum Gasteiger partial charge on any atom is 0.266 e. The van der Waals surface area contributed by atoms with Crippen LogP contribution in [0.15, 0.2) is 41.3 Å². The predicted octanol–water partition coefficient (Wildman–Crippen LogP) is 1.80. The molecule has 2 aromatic carbocycles. The van der Waals surface area contributed by atoms with Crippen LogP contribution >= 0.6 is 24.0 Å². The quantitative estimate of drug-likeness (QED) is 0.613. The van der Waals surface area contributed by atoms with E-state index in [1.807, 2.05) is 36.4 Å². The SMILES string of the molecule is COc1ccc2cc(/C=C3\SC(=S)N(CC(=O)[O-])C3=O)ccc2c1. The Morgan fingerprint density at radius 3 is 2.71 bits per heavy atom. The van der Waals surface area contributed by atoms with E-state index in [4.69, 9.17) is 17.0 Å². The molecule has 0 radical (unpaired) electrons. The van der Waals surface area contributed by atoms with Crippen molar-refractivity contribution >= 4 is 57.0 Å². The van der Waals surface area contributed by atoms with Crippen LogP contribution in [0.3, 0.4) is 0 Å². The molecular weight excluding hydrogens is 346 g/mol. The highest BCUT2D eigenvalue weighted by molar-refractivity contribution is 8.26. The van der Waals surface area contributed by atoms with E-state index in [9.17, 15) is 14.7 Å². The summed E-state index contributed by atoms with van der Waals surface area (Å²) in [4.78, 5) is 24.4. The smallest absolute Gasteiger partial charge is 0.266 e. The summed E-state index contributed by atoms with van der Waals surface area (Å²) in [6.45, 7) is -0.528. The molecule has 1 fully saturated rings. The highest BCUT2D eigenvalue weighted by Crippen LogP contribution is 2.33. The molecule has 0 unspecified atom stereocenters. The number of nitrogens with zero attached hydrogens (tertiary/aromatic N) is 1. The molecule has 1 saturated heterocycles. The molecule has 1 amide bonds. The van der Waals surface area contributed by atoms with Crippen LogP contribution in [0.4, 0.5) is 0 Å². The Hall–Kier alpha value is -2.38. The van der Waals surface area contributed by atoms with Crippen molar-refractivity contribution in [3.63, 3.8) is 0 Å². The van der Waals surface area contributed by atoms with Gasteiger partial charge < -0.3 is 14.6 Å². The molecule has 0 atom stereocenters. The summed E-state index contributed by atoms with van der Waals surface area (Å²) in [6.07, 6.45) is 1.71. The van der Waals surface area contributed by atoms with Gasteiger partial charge in [-0.3, -0.25) is 9.69 Å². The second-order valence-electron chi connectivity index (χ2n) is 5.11.